The first-order valence-electron chi connectivity index (χ1n) is 12.0. The van der Waals surface area contributed by atoms with Gasteiger partial charge in [-0.05, 0) is 63.2 Å². The van der Waals surface area contributed by atoms with Crippen LogP contribution >= 0.6 is 11.3 Å². The largest absolute Gasteiger partial charge is 0.380 e. The van der Waals surface area contributed by atoms with Crippen LogP contribution in [0.25, 0.3) is 10.2 Å². The summed E-state index contributed by atoms with van der Waals surface area (Å²) >= 11 is 1.15. The fourth-order valence-corrected chi connectivity index (χ4v) is 7.53. The molecule has 2 N–H and O–H groups in total. The molecule has 0 unspecified atom stereocenters. The zero-order chi connectivity index (χ0) is 27.7. The Morgan fingerprint density at radius 3 is 2.32 bits per heavy atom. The second kappa shape index (κ2) is 11.3. The molecular formula is C24H30N4O7S3. The zero-order valence-corrected chi connectivity index (χ0v) is 23.7. The van der Waals surface area contributed by atoms with Crippen molar-refractivity contribution >= 4 is 47.5 Å². The first-order valence-corrected chi connectivity index (χ1v) is 15.8. The van der Waals surface area contributed by atoms with E-state index in [1.54, 1.807) is 10.6 Å². The Morgan fingerprint density at radius 2 is 1.71 bits per heavy atom. The molecule has 14 heteroatoms. The number of nitrogens with two attached hydrogens (primary N) is 1. The Bertz CT molecular complexity index is 1600. The van der Waals surface area contributed by atoms with Crippen LogP contribution in [-0.4, -0.2) is 70.1 Å². The number of carbonyl (C=O) groups is 1. The normalized spacial score (nSPS) is 19.7. The number of rotatable bonds is 8. The molecule has 4 rings (SSSR count). The van der Waals surface area contributed by atoms with Gasteiger partial charge in [0.05, 0.1) is 38.8 Å². The van der Waals surface area contributed by atoms with E-state index in [1.165, 1.54) is 40.7 Å². The van der Waals surface area contributed by atoms with Crippen molar-refractivity contribution in [2.45, 2.75) is 49.3 Å². The number of nitrogens with zero attached hydrogens (tertiary/aromatic N) is 3. The summed E-state index contributed by atoms with van der Waals surface area (Å²) in [5.74, 6) is -0.564. The summed E-state index contributed by atoms with van der Waals surface area (Å²) in [5.41, 5.74) is 0.899. The van der Waals surface area contributed by atoms with Gasteiger partial charge in [0.15, 0.2) is 4.80 Å². The Balaban J connectivity index is 1.66. The van der Waals surface area contributed by atoms with Gasteiger partial charge in [0.1, 0.15) is 0 Å². The molecule has 2 aromatic carbocycles. The SMILES string of the molecule is CCOCCn1c(=NC(=O)c2ccc(S(=O)(=O)N3C[C@@H](C)O[C@H](C)C3)cc2)sc2cc(S(N)(=O)=O)ccc21. The Kier molecular flexibility index (Phi) is 8.52. The van der Waals surface area contributed by atoms with Crippen molar-refractivity contribution in [3.63, 3.8) is 0 Å². The van der Waals surface area contributed by atoms with Gasteiger partial charge < -0.3 is 14.0 Å². The highest BCUT2D eigenvalue weighted by molar-refractivity contribution is 7.89. The van der Waals surface area contributed by atoms with Crippen molar-refractivity contribution in [2.75, 3.05) is 26.3 Å². The number of primary sulfonamides is 1. The van der Waals surface area contributed by atoms with Crippen LogP contribution in [0.15, 0.2) is 57.2 Å². The molecular weight excluding hydrogens is 552 g/mol. The lowest BCUT2D eigenvalue weighted by atomic mass is 10.2. The van der Waals surface area contributed by atoms with Gasteiger partial charge in [-0.3, -0.25) is 4.79 Å². The second-order valence-corrected chi connectivity index (χ2v) is 13.4. The average molecular weight is 583 g/mol. The summed E-state index contributed by atoms with van der Waals surface area (Å²) in [6, 6.07) is 10.1. The van der Waals surface area contributed by atoms with Crippen LogP contribution in [0.3, 0.4) is 0 Å². The number of carbonyl (C=O) groups excluding carboxylic acids is 1. The summed E-state index contributed by atoms with van der Waals surface area (Å²) in [6.45, 7) is 7.30. The fourth-order valence-electron chi connectivity index (χ4n) is 4.23. The highest BCUT2D eigenvalue weighted by Gasteiger charge is 2.32. The minimum Gasteiger partial charge on any atom is -0.380 e. The number of benzene rings is 2. The monoisotopic (exact) mass is 582 g/mol. The van der Waals surface area contributed by atoms with Crippen LogP contribution in [0, 0.1) is 0 Å². The lowest BCUT2D eigenvalue weighted by molar-refractivity contribution is -0.0440. The lowest BCUT2D eigenvalue weighted by Crippen LogP contribution is -2.48. The van der Waals surface area contributed by atoms with Crippen LogP contribution in [0.1, 0.15) is 31.1 Å². The van der Waals surface area contributed by atoms with Crippen LogP contribution in [0.4, 0.5) is 0 Å². The Hall–Kier alpha value is -2.46. The summed E-state index contributed by atoms with van der Waals surface area (Å²) in [6.07, 6.45) is -0.435. The van der Waals surface area contributed by atoms with Crippen molar-refractivity contribution in [1.82, 2.24) is 8.87 Å². The molecule has 206 valence electrons. The number of hydrogen-bond donors (Lipinski definition) is 1. The van der Waals surface area contributed by atoms with E-state index in [9.17, 15) is 21.6 Å². The van der Waals surface area contributed by atoms with E-state index < -0.39 is 26.0 Å². The van der Waals surface area contributed by atoms with E-state index in [0.29, 0.717) is 34.8 Å². The van der Waals surface area contributed by atoms with Crippen LogP contribution < -0.4 is 9.94 Å². The molecule has 0 radical (unpaired) electrons. The molecule has 2 heterocycles. The van der Waals surface area contributed by atoms with E-state index >= 15 is 0 Å². The molecule has 0 saturated carbocycles. The molecule has 1 aliphatic rings. The number of hydrogen-bond acceptors (Lipinski definition) is 8. The number of aromatic nitrogens is 1. The molecule has 1 aromatic heterocycles. The minimum atomic E-state index is -3.90. The van der Waals surface area contributed by atoms with Crippen molar-refractivity contribution in [1.29, 1.82) is 0 Å². The highest BCUT2D eigenvalue weighted by atomic mass is 32.2. The summed E-state index contributed by atoms with van der Waals surface area (Å²) in [5, 5.41) is 5.27. The van der Waals surface area contributed by atoms with E-state index in [-0.39, 0.29) is 40.7 Å². The molecule has 38 heavy (non-hydrogen) atoms. The molecule has 1 saturated heterocycles. The smallest absolute Gasteiger partial charge is 0.279 e. The molecule has 1 fully saturated rings. The quantitative estimate of drug-likeness (QED) is 0.399. The van der Waals surface area contributed by atoms with Gasteiger partial charge in [0.2, 0.25) is 20.0 Å². The van der Waals surface area contributed by atoms with Crippen molar-refractivity contribution < 1.29 is 31.1 Å². The topological polar surface area (TPSA) is 150 Å². The van der Waals surface area contributed by atoms with Gasteiger partial charge in [0.25, 0.3) is 5.91 Å². The predicted molar refractivity (Wildman–Crippen MR) is 143 cm³/mol. The van der Waals surface area contributed by atoms with Crippen LogP contribution in [0.5, 0.6) is 0 Å². The van der Waals surface area contributed by atoms with Gasteiger partial charge in [0, 0.05) is 31.8 Å². The van der Waals surface area contributed by atoms with Crippen LogP contribution in [0.2, 0.25) is 0 Å². The number of thiazole rings is 1. The maximum Gasteiger partial charge on any atom is 0.279 e. The first kappa shape index (κ1) is 28.5. The third-order valence-corrected chi connectivity index (χ3v) is 9.77. The summed E-state index contributed by atoms with van der Waals surface area (Å²) in [7, 11) is -7.65. The molecule has 11 nitrogen and oxygen atoms in total. The van der Waals surface area contributed by atoms with Crippen LogP contribution in [-0.2, 0) is 36.1 Å². The third-order valence-electron chi connectivity index (χ3n) is 5.97. The van der Waals surface area contributed by atoms with Crippen molar-refractivity contribution in [3.05, 3.63) is 52.8 Å². The fraction of sp³-hybridized carbons (Fsp3) is 0.417. The number of amides is 1. The molecule has 0 bridgehead atoms. The van der Waals surface area contributed by atoms with Crippen molar-refractivity contribution in [2.24, 2.45) is 10.1 Å². The third kappa shape index (κ3) is 6.22. The molecule has 1 aliphatic heterocycles. The van der Waals surface area contributed by atoms with Gasteiger partial charge in [-0.1, -0.05) is 11.3 Å². The predicted octanol–water partition coefficient (Wildman–Crippen LogP) is 1.93. The number of sulfonamides is 2. The van der Waals surface area contributed by atoms with Gasteiger partial charge in [-0.2, -0.15) is 9.30 Å². The first-order chi connectivity index (χ1) is 17.9. The Morgan fingerprint density at radius 1 is 1.08 bits per heavy atom. The molecule has 3 aromatic rings. The summed E-state index contributed by atoms with van der Waals surface area (Å²) in [4.78, 5) is 17.7. The van der Waals surface area contributed by atoms with Gasteiger partial charge in [-0.15, -0.1) is 0 Å². The highest BCUT2D eigenvalue weighted by Crippen LogP contribution is 2.23. The lowest BCUT2D eigenvalue weighted by Gasteiger charge is -2.34. The maximum atomic E-state index is 13.1. The number of ether oxygens (including phenoxy) is 2. The summed E-state index contributed by atoms with van der Waals surface area (Å²) < 4.78 is 64.7. The average Bonchev–Trinajstić information content (AvgIpc) is 3.19. The van der Waals surface area contributed by atoms with E-state index in [2.05, 4.69) is 4.99 Å². The zero-order valence-electron chi connectivity index (χ0n) is 21.2. The molecule has 0 spiro atoms. The van der Waals surface area contributed by atoms with E-state index in [1.807, 2.05) is 20.8 Å². The Labute approximate surface area is 225 Å². The van der Waals surface area contributed by atoms with E-state index in [0.717, 1.165) is 11.3 Å². The molecule has 0 aliphatic carbocycles. The standard InChI is InChI=1S/C24H30N4O7S3/c1-4-34-12-11-28-21-10-9-20(37(25,30)31)13-22(21)36-24(28)26-23(29)18-5-7-19(8-6-18)38(32,33)27-14-16(2)35-17(3)15-27/h5-10,13,16-17H,4,11-12,14-15H2,1-3H3,(H2,25,30,31)/t16-,17-/m1/s1. The molecule has 2 atom stereocenters. The van der Waals surface area contributed by atoms with Crippen molar-refractivity contribution in [3.8, 4) is 0 Å². The number of morpholine rings is 1. The molecule has 1 amide bonds. The maximum absolute atomic E-state index is 13.1. The van der Waals surface area contributed by atoms with E-state index in [4.69, 9.17) is 14.6 Å². The number of fused-ring (bicyclic) bond motifs is 1. The van der Waals surface area contributed by atoms with Gasteiger partial charge >= 0.3 is 0 Å². The minimum absolute atomic E-state index is 0.0399. The van der Waals surface area contributed by atoms with Gasteiger partial charge in [-0.25, -0.2) is 22.0 Å². The second-order valence-electron chi connectivity index (χ2n) is 8.93.